The van der Waals surface area contributed by atoms with Gasteiger partial charge in [0.25, 0.3) is 5.91 Å². The Kier molecular flexibility index (Phi) is 6.36. The fraction of sp³-hybridized carbons (Fsp3) is 0.125. The number of ether oxygens (including phenoxy) is 2. The minimum atomic E-state index is -0.883. The summed E-state index contributed by atoms with van der Waals surface area (Å²) in [5, 5.41) is 13.0. The van der Waals surface area contributed by atoms with Crippen molar-refractivity contribution in [3.8, 4) is 11.5 Å². The van der Waals surface area contributed by atoms with Gasteiger partial charge in [0.1, 0.15) is 5.56 Å². The molecule has 2 aromatic rings. The minimum Gasteiger partial charge on any atom is -0.504 e. The highest BCUT2D eigenvalue weighted by molar-refractivity contribution is 6.44. The molecule has 0 radical (unpaired) electrons. The van der Waals surface area contributed by atoms with Crippen LogP contribution in [0.4, 0.5) is 5.69 Å². The van der Waals surface area contributed by atoms with E-state index < -0.39 is 18.5 Å². The molecule has 0 aliphatic rings. The van der Waals surface area contributed by atoms with Crippen LogP contribution in [-0.4, -0.2) is 30.7 Å². The first-order chi connectivity index (χ1) is 11.8. The van der Waals surface area contributed by atoms with Crippen LogP contribution in [-0.2, 0) is 9.53 Å². The smallest absolute Gasteiger partial charge is 0.342 e. The summed E-state index contributed by atoms with van der Waals surface area (Å²) in [6, 6.07) is 7.07. The molecule has 2 aromatic carbocycles. The number of carbonyl (C=O) groups is 2. The van der Waals surface area contributed by atoms with Crippen LogP contribution >= 0.6 is 34.8 Å². The number of nitrogens with one attached hydrogen (secondary N) is 1. The van der Waals surface area contributed by atoms with Crippen molar-refractivity contribution in [2.75, 3.05) is 19.0 Å². The lowest BCUT2D eigenvalue weighted by molar-refractivity contribution is -0.119. The van der Waals surface area contributed by atoms with E-state index >= 15 is 0 Å². The molecule has 2 rings (SSSR count). The molecule has 0 saturated heterocycles. The summed E-state index contributed by atoms with van der Waals surface area (Å²) in [6.45, 7) is -0.591. The summed E-state index contributed by atoms with van der Waals surface area (Å²) in [6.07, 6.45) is 0. The van der Waals surface area contributed by atoms with Gasteiger partial charge in [0.15, 0.2) is 18.1 Å². The fourth-order valence-corrected chi connectivity index (χ4v) is 2.46. The van der Waals surface area contributed by atoms with Crippen molar-refractivity contribution in [2.45, 2.75) is 0 Å². The molecule has 0 spiro atoms. The molecule has 132 valence electrons. The first-order valence-corrected chi connectivity index (χ1v) is 7.94. The summed E-state index contributed by atoms with van der Waals surface area (Å²) in [5.41, 5.74) is 0.0982. The number of hydrogen-bond donors (Lipinski definition) is 2. The minimum absolute atomic E-state index is 0.112. The number of methoxy groups -OCH3 is 1. The number of esters is 1. The van der Waals surface area contributed by atoms with Gasteiger partial charge in [0.2, 0.25) is 0 Å². The molecule has 0 fully saturated rings. The number of phenols is 1. The molecule has 0 heterocycles. The maximum Gasteiger partial charge on any atom is 0.342 e. The molecule has 2 N–H and O–H groups in total. The van der Waals surface area contributed by atoms with Crippen molar-refractivity contribution < 1.29 is 24.2 Å². The Morgan fingerprint density at radius 3 is 2.48 bits per heavy atom. The second-order valence-corrected chi connectivity index (χ2v) is 5.95. The fourth-order valence-electron chi connectivity index (χ4n) is 1.87. The molecule has 0 unspecified atom stereocenters. The average molecular weight is 405 g/mol. The summed E-state index contributed by atoms with van der Waals surface area (Å²) in [5.74, 6) is -1.78. The number of amides is 1. The van der Waals surface area contributed by atoms with Crippen molar-refractivity contribution in [3.63, 3.8) is 0 Å². The third kappa shape index (κ3) is 4.69. The number of benzene rings is 2. The molecule has 0 aliphatic heterocycles. The zero-order valence-corrected chi connectivity index (χ0v) is 15.1. The van der Waals surface area contributed by atoms with Gasteiger partial charge in [0, 0.05) is 0 Å². The summed E-state index contributed by atoms with van der Waals surface area (Å²) >= 11 is 17.6. The predicted octanol–water partition coefficient (Wildman–Crippen LogP) is 4.16. The Morgan fingerprint density at radius 2 is 1.80 bits per heavy atom. The summed E-state index contributed by atoms with van der Waals surface area (Å²) < 4.78 is 9.77. The molecule has 0 aliphatic carbocycles. The summed E-state index contributed by atoms with van der Waals surface area (Å²) in [7, 11) is 1.35. The maximum atomic E-state index is 12.0. The molecule has 0 bridgehead atoms. The van der Waals surface area contributed by atoms with Crippen molar-refractivity contribution in [3.05, 3.63) is 51.0 Å². The van der Waals surface area contributed by atoms with Crippen LogP contribution in [0.3, 0.4) is 0 Å². The second-order valence-electron chi connectivity index (χ2n) is 4.73. The molecule has 6 nitrogen and oxygen atoms in total. The lowest BCUT2D eigenvalue weighted by Crippen LogP contribution is -2.21. The quantitative estimate of drug-likeness (QED) is 0.577. The largest absolute Gasteiger partial charge is 0.504 e. The molecule has 9 heteroatoms. The predicted molar refractivity (Wildman–Crippen MR) is 95.0 cm³/mol. The van der Waals surface area contributed by atoms with Crippen molar-refractivity contribution >= 4 is 52.4 Å². The lowest BCUT2D eigenvalue weighted by Gasteiger charge is -2.10. The van der Waals surface area contributed by atoms with E-state index in [-0.39, 0.29) is 37.8 Å². The number of carbonyl (C=O) groups excluding carboxylic acids is 2. The van der Waals surface area contributed by atoms with Crippen LogP contribution < -0.4 is 10.1 Å². The molecular weight excluding hydrogens is 393 g/mol. The van der Waals surface area contributed by atoms with E-state index in [2.05, 4.69) is 5.32 Å². The van der Waals surface area contributed by atoms with Gasteiger partial charge in [-0.15, -0.1) is 0 Å². The molecule has 0 atom stereocenters. The van der Waals surface area contributed by atoms with Crippen LogP contribution in [0.2, 0.25) is 15.1 Å². The number of rotatable bonds is 5. The van der Waals surface area contributed by atoms with Crippen LogP contribution in [0.25, 0.3) is 0 Å². The number of halogens is 3. The Hall–Kier alpha value is -2.15. The Labute approximate surface area is 158 Å². The Morgan fingerprint density at radius 1 is 1.12 bits per heavy atom. The van der Waals surface area contributed by atoms with Gasteiger partial charge in [-0.2, -0.15) is 0 Å². The molecule has 0 aromatic heterocycles. The van der Waals surface area contributed by atoms with E-state index in [0.29, 0.717) is 0 Å². The third-order valence-electron chi connectivity index (χ3n) is 3.06. The van der Waals surface area contributed by atoms with Gasteiger partial charge in [0.05, 0.1) is 27.9 Å². The number of hydrogen-bond acceptors (Lipinski definition) is 5. The SMILES string of the molecule is COc1cccc(C(=O)OCC(=O)Nc2cc(Cl)c(Cl)cc2Cl)c1O. The van der Waals surface area contributed by atoms with Gasteiger partial charge in [-0.1, -0.05) is 40.9 Å². The first-order valence-electron chi connectivity index (χ1n) is 6.81. The first kappa shape index (κ1) is 19.2. The maximum absolute atomic E-state index is 12.0. The second kappa shape index (κ2) is 8.29. The Bertz CT molecular complexity index is 826. The standard InChI is InChI=1S/C16H12Cl3NO5/c1-24-13-4-2-3-8(15(13)22)16(23)25-7-14(21)20-12-6-10(18)9(17)5-11(12)19/h2-6,22H,7H2,1H3,(H,20,21). The van der Waals surface area contributed by atoms with Gasteiger partial charge >= 0.3 is 5.97 Å². The topological polar surface area (TPSA) is 84.9 Å². The monoisotopic (exact) mass is 403 g/mol. The number of para-hydroxylation sites is 1. The van der Waals surface area contributed by atoms with Crippen molar-refractivity contribution in [1.29, 1.82) is 0 Å². The Balaban J connectivity index is 2.01. The lowest BCUT2D eigenvalue weighted by atomic mass is 10.2. The van der Waals surface area contributed by atoms with Crippen molar-refractivity contribution in [2.24, 2.45) is 0 Å². The van der Waals surface area contributed by atoms with Crippen LogP contribution in [0.5, 0.6) is 11.5 Å². The molecular formula is C16H12Cl3NO5. The van der Waals surface area contributed by atoms with E-state index in [9.17, 15) is 14.7 Å². The van der Waals surface area contributed by atoms with E-state index in [1.54, 1.807) is 0 Å². The zero-order chi connectivity index (χ0) is 18.6. The van der Waals surface area contributed by atoms with Crippen molar-refractivity contribution in [1.82, 2.24) is 0 Å². The number of aromatic hydroxyl groups is 1. The highest BCUT2D eigenvalue weighted by Crippen LogP contribution is 2.32. The number of phenolic OH excluding ortho intramolecular Hbond substituents is 1. The van der Waals surface area contributed by atoms with Crippen LogP contribution in [0.15, 0.2) is 30.3 Å². The zero-order valence-electron chi connectivity index (χ0n) is 12.8. The molecule has 0 saturated carbocycles. The normalized spacial score (nSPS) is 10.2. The van der Waals surface area contributed by atoms with E-state index in [0.717, 1.165) is 0 Å². The molecule has 25 heavy (non-hydrogen) atoms. The third-order valence-corrected chi connectivity index (χ3v) is 4.09. The highest BCUT2D eigenvalue weighted by atomic mass is 35.5. The summed E-state index contributed by atoms with van der Waals surface area (Å²) in [4.78, 5) is 23.9. The van der Waals surface area contributed by atoms with E-state index in [4.69, 9.17) is 44.3 Å². The van der Waals surface area contributed by atoms with E-state index in [1.807, 2.05) is 0 Å². The average Bonchev–Trinajstić information content (AvgIpc) is 2.57. The van der Waals surface area contributed by atoms with Gasteiger partial charge < -0.3 is 19.9 Å². The van der Waals surface area contributed by atoms with E-state index in [1.165, 1.54) is 37.4 Å². The molecule has 1 amide bonds. The van der Waals surface area contributed by atoms with Gasteiger partial charge in [-0.25, -0.2) is 4.79 Å². The van der Waals surface area contributed by atoms with Crippen LogP contribution in [0, 0.1) is 0 Å². The van der Waals surface area contributed by atoms with Gasteiger partial charge in [-0.05, 0) is 24.3 Å². The highest BCUT2D eigenvalue weighted by Gasteiger charge is 2.18. The van der Waals surface area contributed by atoms with Gasteiger partial charge in [-0.3, -0.25) is 4.79 Å². The van der Waals surface area contributed by atoms with Crippen LogP contribution in [0.1, 0.15) is 10.4 Å². The number of anilines is 1.